The molecule has 1 atom stereocenters. The summed E-state index contributed by atoms with van der Waals surface area (Å²) in [6.45, 7) is 3.90. The van der Waals surface area contributed by atoms with Gasteiger partial charge in [0.05, 0.1) is 5.75 Å². The molecule has 3 aromatic rings. The van der Waals surface area contributed by atoms with Gasteiger partial charge in [-0.15, -0.1) is 0 Å². The van der Waals surface area contributed by atoms with E-state index >= 15 is 0 Å². The summed E-state index contributed by atoms with van der Waals surface area (Å²) in [6, 6.07) is 21.1. The number of halogens is 1. The Morgan fingerprint density at radius 1 is 0.903 bits per heavy atom. The lowest BCUT2D eigenvalue weighted by Crippen LogP contribution is -2.48. The second-order valence-electron chi connectivity index (χ2n) is 7.68. The van der Waals surface area contributed by atoms with Gasteiger partial charge >= 0.3 is 0 Å². The average molecular weight is 457 g/mol. The summed E-state index contributed by atoms with van der Waals surface area (Å²) in [5.41, 5.74) is 2.20. The van der Waals surface area contributed by atoms with Crippen molar-refractivity contribution in [3.8, 4) is 0 Å². The van der Waals surface area contributed by atoms with E-state index in [0.29, 0.717) is 35.4 Å². The zero-order chi connectivity index (χ0) is 21.6. The second-order valence-corrected chi connectivity index (χ2v) is 9.57. The van der Waals surface area contributed by atoms with Crippen LogP contribution in [0.1, 0.15) is 27.4 Å². The smallest absolute Gasteiger partial charge is 0.289 e. The molecular formula is C24H25ClN2O3S. The van der Waals surface area contributed by atoms with Gasteiger partial charge < -0.3 is 9.32 Å². The van der Waals surface area contributed by atoms with E-state index < -0.39 is 10.8 Å². The van der Waals surface area contributed by atoms with Crippen LogP contribution in [0, 0.1) is 0 Å². The molecule has 0 aliphatic carbocycles. The molecule has 0 saturated carbocycles. The lowest BCUT2D eigenvalue weighted by molar-refractivity contribution is 0.0596. The van der Waals surface area contributed by atoms with Crippen LogP contribution in [-0.4, -0.2) is 46.1 Å². The molecule has 1 unspecified atom stereocenters. The summed E-state index contributed by atoms with van der Waals surface area (Å²) in [5, 5.41) is 0.629. The molecule has 0 spiro atoms. The average Bonchev–Trinajstić information content (AvgIpc) is 3.23. The quantitative estimate of drug-likeness (QED) is 0.530. The van der Waals surface area contributed by atoms with Crippen LogP contribution >= 0.6 is 11.6 Å². The topological polar surface area (TPSA) is 53.8 Å². The summed E-state index contributed by atoms with van der Waals surface area (Å²) < 4.78 is 18.2. The van der Waals surface area contributed by atoms with E-state index in [1.54, 1.807) is 18.2 Å². The largest absolute Gasteiger partial charge is 0.455 e. The molecule has 2 heterocycles. The van der Waals surface area contributed by atoms with Crippen molar-refractivity contribution >= 4 is 28.3 Å². The van der Waals surface area contributed by atoms with E-state index in [9.17, 15) is 9.00 Å². The Morgan fingerprint density at radius 3 is 2.39 bits per heavy atom. The molecule has 1 saturated heterocycles. The zero-order valence-corrected chi connectivity index (χ0v) is 18.8. The van der Waals surface area contributed by atoms with Crippen molar-refractivity contribution in [1.29, 1.82) is 0 Å². The first kappa shape index (κ1) is 21.8. The fourth-order valence-electron chi connectivity index (χ4n) is 3.70. The zero-order valence-electron chi connectivity index (χ0n) is 17.2. The van der Waals surface area contributed by atoms with Gasteiger partial charge in [0.2, 0.25) is 0 Å². The number of amides is 1. The van der Waals surface area contributed by atoms with Crippen LogP contribution in [0.4, 0.5) is 0 Å². The molecule has 0 radical (unpaired) electrons. The van der Waals surface area contributed by atoms with Gasteiger partial charge in [-0.3, -0.25) is 13.9 Å². The Morgan fingerprint density at radius 2 is 1.65 bits per heavy atom. The normalized spacial score (nSPS) is 15.7. The highest BCUT2D eigenvalue weighted by molar-refractivity contribution is 7.83. The summed E-state index contributed by atoms with van der Waals surface area (Å²) >= 11 is 5.99. The van der Waals surface area contributed by atoms with Crippen LogP contribution in [0.5, 0.6) is 0 Å². The van der Waals surface area contributed by atoms with Gasteiger partial charge in [-0.2, -0.15) is 0 Å². The van der Waals surface area contributed by atoms with Crippen molar-refractivity contribution in [1.82, 2.24) is 9.80 Å². The first-order chi connectivity index (χ1) is 15.1. The second kappa shape index (κ2) is 10.3. The van der Waals surface area contributed by atoms with Crippen molar-refractivity contribution in [2.45, 2.75) is 18.1 Å². The third kappa shape index (κ3) is 6.06. The number of carbonyl (C=O) groups is 1. The van der Waals surface area contributed by atoms with E-state index in [-0.39, 0.29) is 11.7 Å². The first-order valence-electron chi connectivity index (χ1n) is 10.3. The Hall–Kier alpha value is -2.41. The summed E-state index contributed by atoms with van der Waals surface area (Å²) in [5.74, 6) is 1.43. The van der Waals surface area contributed by atoms with Gasteiger partial charge in [0.1, 0.15) is 5.76 Å². The summed E-state index contributed by atoms with van der Waals surface area (Å²) in [4.78, 5) is 17.0. The maximum Gasteiger partial charge on any atom is 0.289 e. The number of furan rings is 1. The Labute approximate surface area is 190 Å². The number of benzene rings is 2. The van der Waals surface area contributed by atoms with E-state index in [1.165, 1.54) is 5.56 Å². The monoisotopic (exact) mass is 456 g/mol. The molecule has 1 amide bonds. The third-order valence-electron chi connectivity index (χ3n) is 5.30. The molecule has 7 heteroatoms. The van der Waals surface area contributed by atoms with Crippen molar-refractivity contribution in [3.05, 3.63) is 94.4 Å². The van der Waals surface area contributed by atoms with Crippen LogP contribution in [0.3, 0.4) is 0 Å². The molecule has 1 fully saturated rings. The maximum atomic E-state index is 12.8. The van der Waals surface area contributed by atoms with Gasteiger partial charge in [0.15, 0.2) is 5.76 Å². The minimum absolute atomic E-state index is 0.105. The van der Waals surface area contributed by atoms with Gasteiger partial charge in [-0.1, -0.05) is 54.1 Å². The number of hydrogen-bond donors (Lipinski definition) is 0. The van der Waals surface area contributed by atoms with E-state index in [2.05, 4.69) is 17.0 Å². The molecule has 4 rings (SSSR count). The molecule has 162 valence electrons. The number of nitrogens with zero attached hydrogens (tertiary/aromatic N) is 2. The fourth-order valence-corrected chi connectivity index (χ4v) is 5.04. The summed E-state index contributed by atoms with van der Waals surface area (Å²) in [7, 11) is -1.14. The Bertz CT molecular complexity index is 1050. The summed E-state index contributed by atoms with van der Waals surface area (Å²) in [6.07, 6.45) is 0. The van der Waals surface area contributed by atoms with E-state index in [1.807, 2.05) is 41.3 Å². The molecule has 2 aromatic carbocycles. The Kier molecular flexibility index (Phi) is 7.22. The van der Waals surface area contributed by atoms with Gasteiger partial charge in [-0.25, -0.2) is 0 Å². The van der Waals surface area contributed by atoms with Crippen molar-refractivity contribution in [2.75, 3.05) is 26.2 Å². The van der Waals surface area contributed by atoms with Gasteiger partial charge in [0, 0.05) is 54.3 Å². The molecule has 0 bridgehead atoms. The molecule has 0 N–H and O–H groups in total. The SMILES string of the molecule is O=C(c1ccc(CS(=O)Cc2cccc(Cl)c2)o1)N1CCN(Cc2ccccc2)CC1. The number of hydrogen-bond acceptors (Lipinski definition) is 4. The highest BCUT2D eigenvalue weighted by Crippen LogP contribution is 2.17. The molecular weight excluding hydrogens is 432 g/mol. The highest BCUT2D eigenvalue weighted by atomic mass is 35.5. The lowest BCUT2D eigenvalue weighted by Gasteiger charge is -2.34. The van der Waals surface area contributed by atoms with Crippen LogP contribution in [0.15, 0.2) is 71.1 Å². The first-order valence-corrected chi connectivity index (χ1v) is 12.2. The van der Waals surface area contributed by atoms with Gasteiger partial charge in [-0.05, 0) is 35.4 Å². The molecule has 1 aliphatic rings. The minimum Gasteiger partial charge on any atom is -0.455 e. The minimum atomic E-state index is -1.14. The van der Waals surface area contributed by atoms with E-state index in [0.717, 1.165) is 25.2 Å². The van der Waals surface area contributed by atoms with Crippen molar-refractivity contribution in [2.24, 2.45) is 0 Å². The molecule has 1 aliphatic heterocycles. The molecule has 5 nitrogen and oxygen atoms in total. The van der Waals surface area contributed by atoms with Crippen LogP contribution in [0.2, 0.25) is 5.02 Å². The number of piperazine rings is 1. The lowest BCUT2D eigenvalue weighted by atomic mass is 10.2. The highest BCUT2D eigenvalue weighted by Gasteiger charge is 2.24. The van der Waals surface area contributed by atoms with Gasteiger partial charge in [0.25, 0.3) is 5.91 Å². The Balaban J connectivity index is 1.28. The standard InChI is InChI=1S/C24H25ClN2O3S/c25-21-8-4-7-20(15-21)17-31(29)18-22-9-10-23(30-22)24(28)27-13-11-26(12-14-27)16-19-5-2-1-3-6-19/h1-10,15H,11-14,16-18H2. The predicted octanol–water partition coefficient (Wildman–Crippen LogP) is 4.34. The maximum absolute atomic E-state index is 12.8. The third-order valence-corrected chi connectivity index (χ3v) is 6.80. The molecule has 31 heavy (non-hydrogen) atoms. The van der Waals surface area contributed by atoms with E-state index in [4.69, 9.17) is 16.0 Å². The van der Waals surface area contributed by atoms with Crippen molar-refractivity contribution in [3.63, 3.8) is 0 Å². The molecule has 1 aromatic heterocycles. The fraction of sp³-hybridized carbons (Fsp3) is 0.292. The van der Waals surface area contributed by atoms with Crippen LogP contribution in [-0.2, 0) is 28.9 Å². The number of rotatable bonds is 7. The van der Waals surface area contributed by atoms with Crippen LogP contribution in [0.25, 0.3) is 0 Å². The predicted molar refractivity (Wildman–Crippen MR) is 123 cm³/mol. The van der Waals surface area contributed by atoms with Crippen LogP contribution < -0.4 is 0 Å². The van der Waals surface area contributed by atoms with Crippen molar-refractivity contribution < 1.29 is 13.4 Å². The number of carbonyl (C=O) groups excluding carboxylic acids is 1.